The number of hydrogen-bond donors (Lipinski definition) is 2. The van der Waals surface area contributed by atoms with Crippen molar-refractivity contribution in [2.75, 3.05) is 18.0 Å². The van der Waals surface area contributed by atoms with Gasteiger partial charge in [-0.1, -0.05) is 11.3 Å². The predicted molar refractivity (Wildman–Crippen MR) is 69.9 cm³/mol. The fourth-order valence-corrected chi connectivity index (χ4v) is 2.98. The number of aromatic nitrogens is 3. The van der Waals surface area contributed by atoms with Crippen LogP contribution in [0.2, 0.25) is 0 Å². The van der Waals surface area contributed by atoms with Crippen molar-refractivity contribution < 1.29 is 4.79 Å². The van der Waals surface area contributed by atoms with Crippen molar-refractivity contribution in [1.82, 2.24) is 20.5 Å². The van der Waals surface area contributed by atoms with E-state index in [2.05, 4.69) is 20.5 Å². The van der Waals surface area contributed by atoms with Gasteiger partial charge in [-0.05, 0) is 19.9 Å². The number of rotatable bonds is 2. The van der Waals surface area contributed by atoms with E-state index in [1.807, 2.05) is 19.9 Å². The lowest BCUT2D eigenvalue weighted by Crippen LogP contribution is -2.27. The Kier molecular flexibility index (Phi) is 2.55. The van der Waals surface area contributed by atoms with Gasteiger partial charge in [0.2, 0.25) is 0 Å². The van der Waals surface area contributed by atoms with Crippen LogP contribution in [-0.2, 0) is 0 Å². The highest BCUT2D eigenvalue weighted by molar-refractivity contribution is 7.19. The van der Waals surface area contributed by atoms with Crippen LogP contribution in [0.5, 0.6) is 0 Å². The maximum absolute atomic E-state index is 11.6. The van der Waals surface area contributed by atoms with Crippen molar-refractivity contribution in [2.24, 2.45) is 0 Å². The zero-order chi connectivity index (χ0) is 12.7. The van der Waals surface area contributed by atoms with Crippen LogP contribution in [0.3, 0.4) is 0 Å². The largest absolute Gasteiger partial charge is 0.336 e. The van der Waals surface area contributed by atoms with Gasteiger partial charge < -0.3 is 5.32 Å². The summed E-state index contributed by atoms with van der Waals surface area (Å²) in [5.74, 6) is 0. The van der Waals surface area contributed by atoms with E-state index < -0.39 is 0 Å². The molecule has 0 spiro atoms. The molecule has 0 radical (unpaired) electrons. The van der Waals surface area contributed by atoms with Crippen LogP contribution in [0.4, 0.5) is 9.93 Å². The van der Waals surface area contributed by atoms with E-state index in [9.17, 15) is 4.79 Å². The van der Waals surface area contributed by atoms with E-state index in [1.165, 1.54) is 11.3 Å². The third-order valence-corrected chi connectivity index (χ3v) is 4.01. The number of H-pyrrole nitrogens is 1. The van der Waals surface area contributed by atoms with Gasteiger partial charge in [0.15, 0.2) is 5.13 Å². The molecule has 0 atom stereocenters. The Labute approximate surface area is 108 Å². The third kappa shape index (κ3) is 1.76. The molecule has 1 aliphatic rings. The zero-order valence-electron chi connectivity index (χ0n) is 10.1. The minimum absolute atomic E-state index is 0.0755. The molecular formula is C11H13N5OS. The number of carbonyl (C=O) groups is 1. The van der Waals surface area contributed by atoms with Crippen molar-refractivity contribution in [3.63, 3.8) is 0 Å². The molecule has 2 aromatic rings. The lowest BCUT2D eigenvalue weighted by Gasteiger charge is -2.08. The number of aromatic amines is 1. The average Bonchev–Trinajstić information content (AvgIpc) is 2.99. The summed E-state index contributed by atoms with van der Waals surface area (Å²) >= 11 is 1.50. The molecule has 0 aromatic carbocycles. The van der Waals surface area contributed by atoms with E-state index in [4.69, 9.17) is 0 Å². The predicted octanol–water partition coefficient (Wildman–Crippen LogP) is 1.68. The highest BCUT2D eigenvalue weighted by Crippen LogP contribution is 2.34. The highest BCUT2D eigenvalue weighted by Gasteiger charge is 2.25. The van der Waals surface area contributed by atoms with E-state index >= 15 is 0 Å². The molecule has 0 saturated carbocycles. The number of thiazole rings is 1. The normalized spacial score (nSPS) is 15.2. The quantitative estimate of drug-likeness (QED) is 0.865. The molecule has 0 unspecified atom stereocenters. The lowest BCUT2D eigenvalue weighted by atomic mass is 10.3. The van der Waals surface area contributed by atoms with Gasteiger partial charge in [0.25, 0.3) is 0 Å². The molecule has 7 heteroatoms. The number of aryl methyl sites for hydroxylation is 2. The van der Waals surface area contributed by atoms with Crippen LogP contribution in [0.15, 0.2) is 6.07 Å². The van der Waals surface area contributed by atoms with Crippen molar-refractivity contribution >= 4 is 22.5 Å². The summed E-state index contributed by atoms with van der Waals surface area (Å²) in [6.07, 6.45) is 0. The number of amides is 2. The Hall–Kier alpha value is -1.89. The van der Waals surface area contributed by atoms with Gasteiger partial charge in [-0.25, -0.2) is 9.78 Å². The van der Waals surface area contributed by atoms with Crippen LogP contribution in [-0.4, -0.2) is 34.3 Å². The Morgan fingerprint density at radius 2 is 2.28 bits per heavy atom. The van der Waals surface area contributed by atoms with Crippen LogP contribution >= 0.6 is 11.3 Å². The van der Waals surface area contributed by atoms with Gasteiger partial charge in [0.05, 0.1) is 10.6 Å². The second kappa shape index (κ2) is 4.09. The summed E-state index contributed by atoms with van der Waals surface area (Å²) in [5.41, 5.74) is 2.80. The molecule has 1 aliphatic heterocycles. The fourth-order valence-electron chi connectivity index (χ4n) is 1.92. The van der Waals surface area contributed by atoms with Gasteiger partial charge in [-0.15, -0.1) is 0 Å². The molecule has 6 nitrogen and oxygen atoms in total. The van der Waals surface area contributed by atoms with Crippen molar-refractivity contribution in [2.45, 2.75) is 13.8 Å². The second-order valence-electron chi connectivity index (χ2n) is 4.23. The first kappa shape index (κ1) is 11.2. The molecule has 0 aliphatic carbocycles. The minimum Gasteiger partial charge on any atom is -0.336 e. The average molecular weight is 263 g/mol. The smallest absolute Gasteiger partial charge is 0.323 e. The number of carbonyl (C=O) groups excluding carboxylic acids is 1. The standard InChI is InChI=1S/C11H13N5OS/c1-6-5-8(15-14-6)9-7(2)13-11(18-9)16-4-3-12-10(16)17/h5H,3-4H2,1-2H3,(H,12,17)(H,14,15). The summed E-state index contributed by atoms with van der Waals surface area (Å²) in [5, 5.41) is 10.7. The Morgan fingerprint density at radius 3 is 2.89 bits per heavy atom. The van der Waals surface area contributed by atoms with Crippen LogP contribution in [0.1, 0.15) is 11.4 Å². The maximum atomic E-state index is 11.6. The summed E-state index contributed by atoms with van der Waals surface area (Å²) in [7, 11) is 0. The molecule has 18 heavy (non-hydrogen) atoms. The Balaban J connectivity index is 1.98. The fraction of sp³-hybridized carbons (Fsp3) is 0.364. The first-order valence-electron chi connectivity index (χ1n) is 5.70. The van der Waals surface area contributed by atoms with Crippen LogP contribution in [0.25, 0.3) is 10.6 Å². The van der Waals surface area contributed by atoms with Gasteiger partial charge >= 0.3 is 6.03 Å². The Bertz CT molecular complexity index is 602. The SMILES string of the molecule is Cc1cc(-c2sc(N3CCNC3=O)nc2C)n[nH]1. The van der Waals surface area contributed by atoms with E-state index in [-0.39, 0.29) is 6.03 Å². The van der Waals surface area contributed by atoms with Crippen LogP contribution < -0.4 is 10.2 Å². The van der Waals surface area contributed by atoms with E-state index in [0.29, 0.717) is 13.1 Å². The molecular weight excluding hydrogens is 250 g/mol. The number of nitrogens with one attached hydrogen (secondary N) is 2. The molecule has 3 rings (SSSR count). The minimum atomic E-state index is -0.0755. The summed E-state index contributed by atoms with van der Waals surface area (Å²) in [6.45, 7) is 5.24. The van der Waals surface area contributed by atoms with Crippen LogP contribution in [0, 0.1) is 13.8 Å². The van der Waals surface area contributed by atoms with E-state index in [0.717, 1.165) is 27.1 Å². The zero-order valence-corrected chi connectivity index (χ0v) is 11.0. The number of nitrogens with zero attached hydrogens (tertiary/aromatic N) is 3. The first-order valence-corrected chi connectivity index (χ1v) is 6.52. The molecule has 94 valence electrons. The molecule has 3 heterocycles. The Morgan fingerprint density at radius 1 is 1.44 bits per heavy atom. The maximum Gasteiger partial charge on any atom is 0.323 e. The lowest BCUT2D eigenvalue weighted by molar-refractivity contribution is 0.252. The molecule has 1 fully saturated rings. The number of anilines is 1. The summed E-state index contributed by atoms with van der Waals surface area (Å²) < 4.78 is 0. The molecule has 1 saturated heterocycles. The van der Waals surface area contributed by atoms with Gasteiger partial charge in [-0.3, -0.25) is 10.00 Å². The summed E-state index contributed by atoms with van der Waals surface area (Å²) in [4.78, 5) is 18.7. The van der Waals surface area contributed by atoms with Crippen molar-refractivity contribution in [1.29, 1.82) is 0 Å². The second-order valence-corrected chi connectivity index (χ2v) is 5.21. The highest BCUT2D eigenvalue weighted by atomic mass is 32.1. The molecule has 2 aromatic heterocycles. The van der Waals surface area contributed by atoms with Crippen molar-refractivity contribution in [3.8, 4) is 10.6 Å². The molecule has 2 amide bonds. The van der Waals surface area contributed by atoms with Gasteiger partial charge in [-0.2, -0.15) is 5.10 Å². The van der Waals surface area contributed by atoms with E-state index in [1.54, 1.807) is 4.90 Å². The van der Waals surface area contributed by atoms with Gasteiger partial charge in [0.1, 0.15) is 5.69 Å². The summed E-state index contributed by atoms with van der Waals surface area (Å²) in [6, 6.07) is 1.91. The van der Waals surface area contributed by atoms with Gasteiger partial charge in [0, 0.05) is 18.8 Å². The molecule has 2 N–H and O–H groups in total. The number of urea groups is 1. The topological polar surface area (TPSA) is 73.9 Å². The molecule has 0 bridgehead atoms. The number of hydrogen-bond acceptors (Lipinski definition) is 4. The van der Waals surface area contributed by atoms with Crippen molar-refractivity contribution in [3.05, 3.63) is 17.5 Å². The first-order chi connectivity index (χ1) is 8.65. The third-order valence-electron chi connectivity index (χ3n) is 2.81. The monoisotopic (exact) mass is 263 g/mol.